The van der Waals surface area contributed by atoms with E-state index in [9.17, 15) is 14.7 Å². The number of nitrogens with zero attached hydrogens (tertiary/aromatic N) is 1. The Morgan fingerprint density at radius 1 is 1.44 bits per heavy atom. The van der Waals surface area contributed by atoms with E-state index >= 15 is 0 Å². The molecule has 0 aromatic heterocycles. The van der Waals surface area contributed by atoms with Gasteiger partial charge in [0.1, 0.15) is 0 Å². The molecule has 106 valence electrons. The molecule has 0 bridgehead atoms. The van der Waals surface area contributed by atoms with Crippen LogP contribution in [-0.4, -0.2) is 66.1 Å². The lowest BCUT2D eigenvalue weighted by Crippen LogP contribution is -2.46. The number of nitrogens with one attached hydrogen (secondary N) is 1. The van der Waals surface area contributed by atoms with Crippen molar-refractivity contribution in [3.63, 3.8) is 0 Å². The molecule has 0 aromatic rings. The predicted molar refractivity (Wildman–Crippen MR) is 65.4 cm³/mol. The molecule has 0 aromatic carbocycles. The second kappa shape index (κ2) is 7.17. The van der Waals surface area contributed by atoms with E-state index in [1.165, 1.54) is 12.0 Å². The van der Waals surface area contributed by atoms with Crippen LogP contribution in [0.1, 0.15) is 20.3 Å². The molecule has 7 heteroatoms. The van der Waals surface area contributed by atoms with Gasteiger partial charge in [-0.2, -0.15) is 0 Å². The lowest BCUT2D eigenvalue weighted by atomic mass is 10.1. The van der Waals surface area contributed by atoms with Crippen molar-refractivity contribution in [3.05, 3.63) is 0 Å². The number of ether oxygens (including phenoxy) is 1. The van der Waals surface area contributed by atoms with Crippen LogP contribution in [-0.2, 0) is 9.53 Å². The average Bonchev–Trinajstić information content (AvgIpc) is 2.20. The van der Waals surface area contributed by atoms with Gasteiger partial charge in [0.25, 0.3) is 0 Å². The largest absolute Gasteiger partial charge is 0.481 e. The lowest BCUT2D eigenvalue weighted by Gasteiger charge is -2.26. The molecule has 0 aliphatic carbocycles. The Kier molecular flexibility index (Phi) is 6.64. The maximum atomic E-state index is 11.6. The van der Waals surface area contributed by atoms with E-state index in [0.29, 0.717) is 0 Å². The zero-order valence-electron chi connectivity index (χ0n) is 11.3. The molecular formula is C11H22N2O5. The quantitative estimate of drug-likeness (QED) is 0.594. The first-order chi connectivity index (χ1) is 8.15. The summed E-state index contributed by atoms with van der Waals surface area (Å²) in [6.07, 6.45) is -0.742. The summed E-state index contributed by atoms with van der Waals surface area (Å²) in [4.78, 5) is 23.5. The van der Waals surface area contributed by atoms with E-state index < -0.39 is 17.7 Å². The molecule has 0 fully saturated rings. The predicted octanol–water partition coefficient (Wildman–Crippen LogP) is -0.112. The number of aliphatic carboxylic acids is 1. The maximum Gasteiger partial charge on any atom is 0.317 e. The van der Waals surface area contributed by atoms with Crippen molar-refractivity contribution in [2.24, 2.45) is 0 Å². The minimum absolute atomic E-state index is 0.109. The van der Waals surface area contributed by atoms with Gasteiger partial charge in [0, 0.05) is 20.7 Å². The van der Waals surface area contributed by atoms with Gasteiger partial charge < -0.3 is 25.2 Å². The third kappa shape index (κ3) is 7.86. The third-order valence-corrected chi connectivity index (χ3v) is 2.19. The minimum Gasteiger partial charge on any atom is -0.481 e. The number of carboxylic acid groups (broad SMARTS) is 1. The second-order valence-corrected chi connectivity index (χ2v) is 4.81. The van der Waals surface area contributed by atoms with E-state index in [1.54, 1.807) is 20.9 Å². The van der Waals surface area contributed by atoms with Gasteiger partial charge in [-0.1, -0.05) is 0 Å². The van der Waals surface area contributed by atoms with E-state index in [2.05, 4.69) is 5.32 Å². The Morgan fingerprint density at radius 2 is 2.00 bits per heavy atom. The number of likely N-dealkylation sites (N-methyl/N-ethyl adjacent to an activating group) is 1. The maximum absolute atomic E-state index is 11.6. The number of rotatable bonds is 7. The van der Waals surface area contributed by atoms with Gasteiger partial charge in [0.15, 0.2) is 0 Å². The van der Waals surface area contributed by atoms with Crippen LogP contribution in [0.4, 0.5) is 4.79 Å². The van der Waals surface area contributed by atoms with Crippen molar-refractivity contribution in [1.82, 2.24) is 10.2 Å². The first-order valence-electron chi connectivity index (χ1n) is 5.61. The molecule has 0 saturated carbocycles. The summed E-state index contributed by atoms with van der Waals surface area (Å²) in [7, 11) is 2.94. The summed E-state index contributed by atoms with van der Waals surface area (Å²) in [5, 5.41) is 20.7. The van der Waals surface area contributed by atoms with Gasteiger partial charge in [-0.3, -0.25) is 4.79 Å². The van der Waals surface area contributed by atoms with E-state index in [4.69, 9.17) is 9.84 Å². The van der Waals surface area contributed by atoms with Crippen LogP contribution in [0.15, 0.2) is 0 Å². The number of aliphatic hydroxyl groups is 1. The standard InChI is InChI=1S/C11H22N2O5/c1-11(2,17)7-13(3)10(16)12-6-8(18-4)5-9(14)15/h8,17H,5-7H2,1-4H3,(H,12,16)(H,14,15). The minimum atomic E-state index is -0.985. The average molecular weight is 262 g/mol. The zero-order chi connectivity index (χ0) is 14.3. The highest BCUT2D eigenvalue weighted by Gasteiger charge is 2.20. The Morgan fingerprint density at radius 3 is 2.39 bits per heavy atom. The zero-order valence-corrected chi connectivity index (χ0v) is 11.3. The first kappa shape index (κ1) is 16.7. The SMILES string of the molecule is COC(CNC(=O)N(C)CC(C)(C)O)CC(=O)O. The van der Waals surface area contributed by atoms with Crippen LogP contribution in [0.5, 0.6) is 0 Å². The molecule has 0 rings (SSSR count). The number of carbonyl (C=O) groups is 2. The van der Waals surface area contributed by atoms with E-state index in [-0.39, 0.29) is 25.5 Å². The molecule has 1 unspecified atom stereocenters. The molecule has 7 nitrogen and oxygen atoms in total. The van der Waals surface area contributed by atoms with Crippen LogP contribution < -0.4 is 5.32 Å². The number of hydrogen-bond donors (Lipinski definition) is 3. The number of urea groups is 1. The van der Waals surface area contributed by atoms with Crippen LogP contribution in [0.25, 0.3) is 0 Å². The smallest absolute Gasteiger partial charge is 0.317 e. The summed E-state index contributed by atoms with van der Waals surface area (Å²) >= 11 is 0. The van der Waals surface area contributed by atoms with Gasteiger partial charge in [-0.05, 0) is 13.8 Å². The topological polar surface area (TPSA) is 99.1 Å². The van der Waals surface area contributed by atoms with Crippen molar-refractivity contribution in [1.29, 1.82) is 0 Å². The molecule has 0 aliphatic heterocycles. The van der Waals surface area contributed by atoms with Crippen molar-refractivity contribution >= 4 is 12.0 Å². The normalized spacial score (nSPS) is 12.9. The fourth-order valence-corrected chi connectivity index (χ4v) is 1.42. The number of amides is 2. The number of carbonyl (C=O) groups excluding carboxylic acids is 1. The Bertz CT molecular complexity index is 288. The van der Waals surface area contributed by atoms with Crippen LogP contribution in [0.2, 0.25) is 0 Å². The third-order valence-electron chi connectivity index (χ3n) is 2.19. The fraction of sp³-hybridized carbons (Fsp3) is 0.818. The molecular weight excluding hydrogens is 240 g/mol. The van der Waals surface area contributed by atoms with Crippen molar-refractivity contribution in [3.8, 4) is 0 Å². The summed E-state index contributed by atoms with van der Waals surface area (Å²) in [5.41, 5.74) is -0.978. The number of hydrogen-bond acceptors (Lipinski definition) is 4. The van der Waals surface area contributed by atoms with Gasteiger partial charge in [-0.25, -0.2) is 4.79 Å². The highest BCUT2D eigenvalue weighted by atomic mass is 16.5. The number of methoxy groups -OCH3 is 1. The molecule has 18 heavy (non-hydrogen) atoms. The molecule has 0 heterocycles. The molecule has 0 saturated heterocycles. The molecule has 0 spiro atoms. The van der Waals surface area contributed by atoms with Gasteiger partial charge in [0.2, 0.25) is 0 Å². The van der Waals surface area contributed by atoms with Gasteiger partial charge in [-0.15, -0.1) is 0 Å². The fourth-order valence-electron chi connectivity index (χ4n) is 1.42. The highest BCUT2D eigenvalue weighted by molar-refractivity contribution is 5.74. The molecule has 3 N–H and O–H groups in total. The Balaban J connectivity index is 4.11. The highest BCUT2D eigenvalue weighted by Crippen LogP contribution is 2.03. The summed E-state index contributed by atoms with van der Waals surface area (Å²) in [6, 6.07) is -0.385. The number of carboxylic acids is 1. The van der Waals surface area contributed by atoms with E-state index in [0.717, 1.165) is 0 Å². The Hall–Kier alpha value is -1.34. The lowest BCUT2D eigenvalue weighted by molar-refractivity contribution is -0.139. The molecule has 2 amide bonds. The first-order valence-corrected chi connectivity index (χ1v) is 5.61. The van der Waals surface area contributed by atoms with Crippen molar-refractivity contribution in [2.75, 3.05) is 27.2 Å². The molecule has 0 radical (unpaired) electrons. The van der Waals surface area contributed by atoms with E-state index in [1.807, 2.05) is 0 Å². The summed E-state index contributed by atoms with van der Waals surface area (Å²) in [6.45, 7) is 3.48. The van der Waals surface area contributed by atoms with Gasteiger partial charge >= 0.3 is 12.0 Å². The molecule has 0 aliphatic rings. The van der Waals surface area contributed by atoms with Crippen LogP contribution >= 0.6 is 0 Å². The van der Waals surface area contributed by atoms with Crippen molar-refractivity contribution in [2.45, 2.75) is 32.0 Å². The van der Waals surface area contributed by atoms with Gasteiger partial charge in [0.05, 0.1) is 24.7 Å². The Labute approximate surface area is 107 Å². The summed E-state index contributed by atoms with van der Waals surface area (Å²) in [5.74, 6) is -0.985. The monoisotopic (exact) mass is 262 g/mol. The second-order valence-electron chi connectivity index (χ2n) is 4.81. The van der Waals surface area contributed by atoms with Crippen LogP contribution in [0, 0.1) is 0 Å². The summed E-state index contributed by atoms with van der Waals surface area (Å²) < 4.78 is 4.93. The molecule has 1 atom stereocenters. The van der Waals surface area contributed by atoms with Crippen molar-refractivity contribution < 1.29 is 24.5 Å². The van der Waals surface area contributed by atoms with Crippen LogP contribution in [0.3, 0.4) is 0 Å².